The van der Waals surface area contributed by atoms with Crippen molar-refractivity contribution in [2.24, 2.45) is 0 Å². The van der Waals surface area contributed by atoms with Crippen molar-refractivity contribution in [1.29, 1.82) is 0 Å². The lowest BCUT2D eigenvalue weighted by Gasteiger charge is -2.22. The van der Waals surface area contributed by atoms with Crippen LogP contribution in [0.4, 0.5) is 0 Å². The Bertz CT molecular complexity index is 1190. The van der Waals surface area contributed by atoms with Gasteiger partial charge in [-0.1, -0.05) is 22.8 Å². The normalized spacial score (nSPS) is 16.6. The zero-order valence-corrected chi connectivity index (χ0v) is 20.1. The number of sulfonamides is 1. The van der Waals surface area contributed by atoms with E-state index in [4.69, 9.17) is 16.1 Å². The monoisotopic (exact) mass is 480 g/mol. The van der Waals surface area contributed by atoms with E-state index in [1.807, 2.05) is 12.3 Å². The van der Waals surface area contributed by atoms with E-state index < -0.39 is 10.0 Å². The molecule has 0 spiro atoms. The summed E-state index contributed by atoms with van der Waals surface area (Å²) in [6.07, 6.45) is 2.77. The summed E-state index contributed by atoms with van der Waals surface area (Å²) in [6, 6.07) is 8.27. The van der Waals surface area contributed by atoms with Gasteiger partial charge in [-0.05, 0) is 51.3 Å². The highest BCUT2D eigenvalue weighted by molar-refractivity contribution is 7.98. The van der Waals surface area contributed by atoms with Crippen molar-refractivity contribution in [3.63, 3.8) is 0 Å². The molecule has 0 amide bonds. The van der Waals surface area contributed by atoms with Gasteiger partial charge in [-0.25, -0.2) is 13.4 Å². The Morgan fingerprint density at radius 2 is 1.97 bits per heavy atom. The van der Waals surface area contributed by atoms with Gasteiger partial charge >= 0.3 is 0 Å². The van der Waals surface area contributed by atoms with E-state index in [2.05, 4.69) is 33.2 Å². The predicted molar refractivity (Wildman–Crippen MR) is 123 cm³/mol. The molecule has 1 aromatic carbocycles. The summed E-state index contributed by atoms with van der Waals surface area (Å²) in [6.45, 7) is 6.19. The van der Waals surface area contributed by atoms with Crippen LogP contribution in [-0.2, 0) is 16.6 Å². The summed E-state index contributed by atoms with van der Waals surface area (Å²) in [5.41, 5.74) is 2.23. The highest BCUT2D eigenvalue weighted by Crippen LogP contribution is 2.27. The lowest BCUT2D eigenvalue weighted by atomic mass is 10.1. The van der Waals surface area contributed by atoms with Crippen molar-refractivity contribution < 1.29 is 12.9 Å². The van der Waals surface area contributed by atoms with Crippen molar-refractivity contribution in [3.05, 3.63) is 46.4 Å². The molecule has 1 saturated heterocycles. The topological polar surface area (TPSA) is 79.5 Å². The quantitative estimate of drug-likeness (QED) is 0.401. The molecule has 2 aromatic heterocycles. The Morgan fingerprint density at radius 1 is 1.16 bits per heavy atom. The maximum atomic E-state index is 13.1. The highest BCUT2D eigenvalue weighted by atomic mass is 35.5. The fourth-order valence-corrected chi connectivity index (χ4v) is 6.36. The van der Waals surface area contributed by atoms with E-state index >= 15 is 0 Å². The molecule has 3 heterocycles. The minimum atomic E-state index is -3.63. The number of aromatic nitrogens is 2. The summed E-state index contributed by atoms with van der Waals surface area (Å²) in [5.74, 6) is 0.331. The van der Waals surface area contributed by atoms with E-state index in [9.17, 15) is 8.42 Å². The second kappa shape index (κ2) is 9.07. The second-order valence-corrected chi connectivity index (χ2v) is 10.8. The van der Waals surface area contributed by atoms with Crippen LogP contribution in [0.25, 0.3) is 10.9 Å². The first-order chi connectivity index (χ1) is 14.8. The molecule has 0 bridgehead atoms. The molecule has 0 radical (unpaired) electrons. The lowest BCUT2D eigenvalue weighted by Crippen LogP contribution is -2.35. The van der Waals surface area contributed by atoms with Crippen LogP contribution >= 0.6 is 23.4 Å². The number of benzene rings is 1. The van der Waals surface area contributed by atoms with E-state index in [0.29, 0.717) is 42.8 Å². The largest absolute Gasteiger partial charge is 0.360 e. The molecule has 31 heavy (non-hydrogen) atoms. The molecule has 3 aromatic rings. The SMILES string of the molecule is CSc1ccc2cc(CN3CCCN(S(=O)(=O)c4c(C)noc4C)CC3)c(Cl)nc2c1. The van der Waals surface area contributed by atoms with Gasteiger partial charge in [-0.2, -0.15) is 4.31 Å². The molecule has 7 nitrogen and oxygen atoms in total. The third-order valence-electron chi connectivity index (χ3n) is 5.56. The van der Waals surface area contributed by atoms with Crippen LogP contribution in [0, 0.1) is 13.8 Å². The first-order valence-electron chi connectivity index (χ1n) is 10.1. The van der Waals surface area contributed by atoms with Crippen LogP contribution in [0.3, 0.4) is 0 Å². The number of halogens is 1. The number of thioether (sulfide) groups is 1. The molecule has 10 heteroatoms. The lowest BCUT2D eigenvalue weighted by molar-refractivity contribution is 0.278. The van der Waals surface area contributed by atoms with Crippen molar-refractivity contribution in [2.45, 2.75) is 36.6 Å². The molecule has 1 fully saturated rings. The van der Waals surface area contributed by atoms with Crippen molar-refractivity contribution >= 4 is 44.3 Å². The Labute approximate surface area is 191 Å². The minimum absolute atomic E-state index is 0.187. The summed E-state index contributed by atoms with van der Waals surface area (Å²) in [7, 11) is -3.63. The standard InChI is InChI=1S/C21H25ClN4O3S2/c1-14-20(15(2)29-24-14)31(27,28)26-8-4-7-25(9-10-26)13-17-11-16-5-6-18(30-3)12-19(16)23-21(17)22/h5-6,11-12H,4,7-10,13H2,1-3H3. The van der Waals surface area contributed by atoms with E-state index in [1.165, 1.54) is 4.31 Å². The van der Waals surface area contributed by atoms with Crippen LogP contribution in [0.5, 0.6) is 0 Å². The van der Waals surface area contributed by atoms with Crippen molar-refractivity contribution in [3.8, 4) is 0 Å². The van der Waals surface area contributed by atoms with Crippen LogP contribution in [0.15, 0.2) is 38.6 Å². The number of pyridine rings is 1. The second-order valence-electron chi connectivity index (χ2n) is 7.68. The third-order valence-corrected chi connectivity index (χ3v) is 8.75. The molecular weight excluding hydrogens is 456 g/mol. The Balaban J connectivity index is 1.50. The summed E-state index contributed by atoms with van der Waals surface area (Å²) in [5, 5.41) is 5.35. The van der Waals surface area contributed by atoms with Gasteiger partial charge in [0.05, 0.1) is 5.52 Å². The van der Waals surface area contributed by atoms with Crippen LogP contribution in [0.1, 0.15) is 23.4 Å². The Morgan fingerprint density at radius 3 is 2.68 bits per heavy atom. The Hall–Kier alpha value is -1.65. The number of hydrogen-bond donors (Lipinski definition) is 0. The molecule has 0 aliphatic carbocycles. The zero-order valence-electron chi connectivity index (χ0n) is 17.8. The molecule has 4 rings (SSSR count). The number of fused-ring (bicyclic) bond motifs is 1. The van der Waals surface area contributed by atoms with Gasteiger partial charge < -0.3 is 4.52 Å². The maximum Gasteiger partial charge on any atom is 0.248 e. The molecule has 0 unspecified atom stereocenters. The number of aryl methyl sites for hydroxylation is 2. The van der Waals surface area contributed by atoms with Gasteiger partial charge in [-0.3, -0.25) is 4.90 Å². The first-order valence-corrected chi connectivity index (χ1v) is 13.1. The first kappa shape index (κ1) is 22.5. The van der Waals surface area contributed by atoms with Gasteiger partial charge in [0.15, 0.2) is 5.76 Å². The Kier molecular flexibility index (Phi) is 6.60. The highest BCUT2D eigenvalue weighted by Gasteiger charge is 2.32. The molecule has 1 aliphatic rings. The fraction of sp³-hybridized carbons (Fsp3) is 0.429. The molecule has 166 valence electrons. The third kappa shape index (κ3) is 4.61. The van der Waals surface area contributed by atoms with Gasteiger partial charge in [0.25, 0.3) is 0 Å². The minimum Gasteiger partial charge on any atom is -0.360 e. The van der Waals surface area contributed by atoms with Crippen molar-refractivity contribution in [2.75, 3.05) is 32.4 Å². The summed E-state index contributed by atoms with van der Waals surface area (Å²) in [4.78, 5) is 8.15. The fourth-order valence-electron chi connectivity index (χ4n) is 3.96. The van der Waals surface area contributed by atoms with Crippen LogP contribution in [0.2, 0.25) is 5.15 Å². The van der Waals surface area contributed by atoms with Gasteiger partial charge in [0.1, 0.15) is 15.7 Å². The van der Waals surface area contributed by atoms with Crippen molar-refractivity contribution in [1.82, 2.24) is 19.3 Å². The maximum absolute atomic E-state index is 13.1. The van der Waals surface area contributed by atoms with E-state index in [0.717, 1.165) is 34.3 Å². The zero-order chi connectivity index (χ0) is 22.2. The molecule has 0 saturated carbocycles. The number of nitrogens with zero attached hydrogens (tertiary/aromatic N) is 4. The summed E-state index contributed by atoms with van der Waals surface area (Å²) >= 11 is 8.17. The summed E-state index contributed by atoms with van der Waals surface area (Å²) < 4.78 is 32.9. The van der Waals surface area contributed by atoms with Gasteiger partial charge in [0, 0.05) is 42.0 Å². The number of hydrogen-bond acceptors (Lipinski definition) is 7. The molecular formula is C21H25ClN4O3S2. The molecule has 0 N–H and O–H groups in total. The van der Waals surface area contributed by atoms with E-state index in [1.54, 1.807) is 25.6 Å². The average molecular weight is 481 g/mol. The average Bonchev–Trinajstić information content (AvgIpc) is 2.93. The molecule has 0 atom stereocenters. The predicted octanol–water partition coefficient (Wildman–Crippen LogP) is 4.11. The van der Waals surface area contributed by atoms with Crippen LogP contribution in [-0.4, -0.2) is 60.2 Å². The van der Waals surface area contributed by atoms with E-state index in [-0.39, 0.29) is 4.90 Å². The smallest absolute Gasteiger partial charge is 0.248 e. The van der Waals surface area contributed by atoms with Gasteiger partial charge in [-0.15, -0.1) is 11.8 Å². The molecule has 1 aliphatic heterocycles. The van der Waals surface area contributed by atoms with Crippen LogP contribution < -0.4 is 0 Å². The number of rotatable bonds is 5. The van der Waals surface area contributed by atoms with Gasteiger partial charge in [0.2, 0.25) is 10.0 Å².